The number of nitrogens with zero attached hydrogens (tertiary/aromatic N) is 1. The van der Waals surface area contributed by atoms with Gasteiger partial charge in [0.05, 0.1) is 11.0 Å². The van der Waals surface area contributed by atoms with Crippen molar-refractivity contribution < 1.29 is 24.2 Å². The van der Waals surface area contributed by atoms with E-state index in [4.69, 9.17) is 5.73 Å². The molecule has 0 radical (unpaired) electrons. The van der Waals surface area contributed by atoms with Gasteiger partial charge in [-0.2, -0.15) is 0 Å². The summed E-state index contributed by atoms with van der Waals surface area (Å²) in [7, 11) is 0. The van der Waals surface area contributed by atoms with Crippen molar-refractivity contribution in [1.82, 2.24) is 9.97 Å². The van der Waals surface area contributed by atoms with Gasteiger partial charge in [-0.1, -0.05) is 12.1 Å². The number of imidazole rings is 1. The van der Waals surface area contributed by atoms with Crippen LogP contribution in [-0.4, -0.2) is 26.5 Å². The molecule has 3 aromatic carbocycles. The number of rotatable bonds is 3. The maximum Gasteiger partial charge on any atom is 0.248 e. The first-order valence-corrected chi connectivity index (χ1v) is 8.01. The van der Waals surface area contributed by atoms with Crippen molar-refractivity contribution >= 4 is 16.9 Å². The van der Waals surface area contributed by atoms with Gasteiger partial charge in [0.2, 0.25) is 5.91 Å². The van der Waals surface area contributed by atoms with Gasteiger partial charge in [-0.15, -0.1) is 0 Å². The van der Waals surface area contributed by atoms with Crippen molar-refractivity contribution in [3.63, 3.8) is 0 Å². The molecule has 0 aliphatic carbocycles. The summed E-state index contributed by atoms with van der Waals surface area (Å²) in [5, 5.41) is 9.88. The number of primary amides is 1. The average molecular weight is 383 g/mol. The molecule has 1 amide bonds. The van der Waals surface area contributed by atoms with Crippen molar-refractivity contribution in [2.45, 2.75) is 0 Å². The van der Waals surface area contributed by atoms with Crippen molar-refractivity contribution in [3.8, 4) is 28.3 Å². The fraction of sp³-hybridized carbons (Fsp3) is 0. The van der Waals surface area contributed by atoms with Gasteiger partial charge in [-0.3, -0.25) is 4.79 Å². The van der Waals surface area contributed by atoms with Crippen molar-refractivity contribution in [3.05, 3.63) is 71.8 Å². The molecule has 6 nitrogen and oxygen atoms in total. The Balaban J connectivity index is 0.00000225. The van der Waals surface area contributed by atoms with Crippen LogP contribution in [0, 0.1) is 11.6 Å². The Kier molecular flexibility index (Phi) is 4.81. The number of amides is 1. The Bertz CT molecular complexity index is 1200. The number of nitrogens with one attached hydrogen (secondary N) is 1. The summed E-state index contributed by atoms with van der Waals surface area (Å²) in [6.07, 6.45) is 0. The van der Waals surface area contributed by atoms with Gasteiger partial charge >= 0.3 is 0 Å². The second-order valence-corrected chi connectivity index (χ2v) is 6.04. The monoisotopic (exact) mass is 383 g/mol. The number of hydrogen-bond donors (Lipinski definition) is 3. The molecule has 8 heteroatoms. The number of halogens is 2. The first-order valence-electron chi connectivity index (χ1n) is 8.01. The smallest absolute Gasteiger partial charge is 0.248 e. The third-order valence-electron chi connectivity index (χ3n) is 4.26. The van der Waals surface area contributed by atoms with Crippen molar-refractivity contribution in [1.29, 1.82) is 0 Å². The number of aromatic nitrogens is 2. The Morgan fingerprint density at radius 2 is 1.79 bits per heavy atom. The van der Waals surface area contributed by atoms with E-state index in [1.807, 2.05) is 0 Å². The Labute approximate surface area is 157 Å². The molecule has 0 bridgehead atoms. The summed E-state index contributed by atoms with van der Waals surface area (Å²) in [5.41, 5.74) is 7.39. The lowest BCUT2D eigenvalue weighted by Gasteiger charge is -2.07. The third kappa shape index (κ3) is 3.28. The van der Waals surface area contributed by atoms with E-state index < -0.39 is 17.5 Å². The fourth-order valence-electron chi connectivity index (χ4n) is 2.90. The summed E-state index contributed by atoms with van der Waals surface area (Å²) in [5.74, 6) is -1.58. The topological polar surface area (TPSA) is 124 Å². The number of carbonyl (C=O) groups excluding carboxylic acids is 1. The van der Waals surface area contributed by atoms with E-state index in [0.717, 1.165) is 12.1 Å². The highest BCUT2D eigenvalue weighted by molar-refractivity contribution is 5.96. The van der Waals surface area contributed by atoms with Gasteiger partial charge in [0.1, 0.15) is 23.2 Å². The van der Waals surface area contributed by atoms with E-state index in [1.165, 1.54) is 18.2 Å². The first-order chi connectivity index (χ1) is 12.9. The van der Waals surface area contributed by atoms with E-state index in [9.17, 15) is 18.7 Å². The van der Waals surface area contributed by atoms with E-state index in [2.05, 4.69) is 9.97 Å². The summed E-state index contributed by atoms with van der Waals surface area (Å²) in [4.78, 5) is 18.7. The zero-order valence-corrected chi connectivity index (χ0v) is 14.3. The summed E-state index contributed by atoms with van der Waals surface area (Å²) < 4.78 is 28.1. The number of aromatic hydroxyl groups is 1. The highest BCUT2D eigenvalue weighted by Gasteiger charge is 2.14. The lowest BCUT2D eigenvalue weighted by molar-refractivity contribution is 0.100. The van der Waals surface area contributed by atoms with Crippen LogP contribution in [0.15, 0.2) is 54.6 Å². The predicted molar refractivity (Wildman–Crippen MR) is 101 cm³/mol. The number of fused-ring (bicyclic) bond motifs is 1. The molecule has 0 atom stereocenters. The Morgan fingerprint density at radius 3 is 2.50 bits per heavy atom. The van der Waals surface area contributed by atoms with Crippen LogP contribution in [0.5, 0.6) is 5.75 Å². The number of benzene rings is 3. The zero-order chi connectivity index (χ0) is 19.1. The van der Waals surface area contributed by atoms with E-state index in [1.54, 1.807) is 24.3 Å². The SMILES string of the molecule is NC(=O)c1ccc2nc(-c3ccc(-c4cc(F)ccc4O)c(F)c3)[nH]c2c1.O. The molecule has 0 fully saturated rings. The van der Waals surface area contributed by atoms with Gasteiger partial charge in [-0.25, -0.2) is 13.8 Å². The average Bonchev–Trinajstić information content (AvgIpc) is 3.07. The predicted octanol–water partition coefficient (Wildman–Crippen LogP) is 3.15. The van der Waals surface area contributed by atoms with Crippen LogP contribution in [0.1, 0.15) is 10.4 Å². The molecule has 28 heavy (non-hydrogen) atoms. The largest absolute Gasteiger partial charge is 0.507 e. The Hall–Kier alpha value is -3.78. The van der Waals surface area contributed by atoms with Crippen molar-refractivity contribution in [2.75, 3.05) is 0 Å². The Morgan fingerprint density at radius 1 is 1.00 bits per heavy atom. The standard InChI is InChI=1S/C20H13F2N3O2.H2O/c21-12-3-6-18(26)14(9-12)13-4-1-11(7-15(13)22)20-24-16-5-2-10(19(23)27)8-17(16)25-20;/h1-9,26H,(H2,23,27)(H,24,25);1H2. The van der Waals surface area contributed by atoms with Gasteiger partial charge < -0.3 is 21.3 Å². The minimum atomic E-state index is -0.633. The fourth-order valence-corrected chi connectivity index (χ4v) is 2.90. The molecule has 0 aliphatic heterocycles. The molecule has 1 aromatic heterocycles. The van der Waals surface area contributed by atoms with E-state index in [-0.39, 0.29) is 22.4 Å². The minimum Gasteiger partial charge on any atom is -0.507 e. The lowest BCUT2D eigenvalue weighted by atomic mass is 10.0. The molecule has 142 valence electrons. The molecule has 0 unspecified atom stereocenters. The molecule has 4 rings (SSSR count). The number of carbonyl (C=O) groups is 1. The van der Waals surface area contributed by atoms with E-state index in [0.29, 0.717) is 28.0 Å². The molecule has 0 spiro atoms. The summed E-state index contributed by atoms with van der Waals surface area (Å²) in [6, 6.07) is 12.4. The van der Waals surface area contributed by atoms with E-state index >= 15 is 0 Å². The molecule has 0 saturated heterocycles. The number of phenols is 1. The third-order valence-corrected chi connectivity index (χ3v) is 4.26. The van der Waals surface area contributed by atoms with Gasteiger partial charge in [0.25, 0.3) is 0 Å². The zero-order valence-electron chi connectivity index (χ0n) is 14.3. The van der Waals surface area contributed by atoms with Gasteiger partial charge in [-0.05, 0) is 42.5 Å². The second kappa shape index (κ2) is 7.09. The maximum absolute atomic E-state index is 14.6. The van der Waals surface area contributed by atoms with Gasteiger partial charge in [0.15, 0.2) is 0 Å². The molecule has 0 saturated carbocycles. The highest BCUT2D eigenvalue weighted by Crippen LogP contribution is 2.33. The number of aromatic amines is 1. The molecule has 4 aromatic rings. The van der Waals surface area contributed by atoms with Gasteiger partial charge in [0, 0.05) is 22.3 Å². The van der Waals surface area contributed by atoms with Crippen molar-refractivity contribution in [2.24, 2.45) is 5.73 Å². The molecule has 0 aliphatic rings. The number of H-pyrrole nitrogens is 1. The highest BCUT2D eigenvalue weighted by atomic mass is 19.1. The number of phenolic OH excluding ortho intramolecular Hbond substituents is 1. The molecule has 6 N–H and O–H groups in total. The first kappa shape index (κ1) is 19.0. The lowest BCUT2D eigenvalue weighted by Crippen LogP contribution is -2.10. The summed E-state index contributed by atoms with van der Waals surface area (Å²) in [6.45, 7) is 0. The minimum absolute atomic E-state index is 0. The number of hydrogen-bond acceptors (Lipinski definition) is 3. The van der Waals surface area contributed by atoms with Crippen LogP contribution >= 0.6 is 0 Å². The molecule has 1 heterocycles. The summed E-state index contributed by atoms with van der Waals surface area (Å²) >= 11 is 0. The maximum atomic E-state index is 14.6. The van der Waals surface area contributed by atoms with Crippen LogP contribution in [0.4, 0.5) is 8.78 Å². The molecular formula is C20H15F2N3O3. The van der Waals surface area contributed by atoms with Crippen LogP contribution in [0.25, 0.3) is 33.5 Å². The quantitative estimate of drug-likeness (QED) is 0.503. The van der Waals surface area contributed by atoms with Crippen LogP contribution in [-0.2, 0) is 0 Å². The van der Waals surface area contributed by atoms with Crippen LogP contribution in [0.3, 0.4) is 0 Å². The molecular weight excluding hydrogens is 368 g/mol. The second-order valence-electron chi connectivity index (χ2n) is 6.04. The van der Waals surface area contributed by atoms with Crippen LogP contribution < -0.4 is 5.73 Å². The number of nitrogens with two attached hydrogens (primary N) is 1. The van der Waals surface area contributed by atoms with Crippen LogP contribution in [0.2, 0.25) is 0 Å². The normalized spacial score (nSPS) is 10.6.